The second kappa shape index (κ2) is 9.72. The first-order chi connectivity index (χ1) is 10.9. The highest BCUT2D eigenvalue weighted by Gasteiger charge is 2.10. The smallest absolute Gasteiger partial charge is 0.338 e. The third-order valence-electron chi connectivity index (χ3n) is 3.23. The van der Waals surface area contributed by atoms with E-state index in [1.807, 2.05) is 6.08 Å². The van der Waals surface area contributed by atoms with Gasteiger partial charge in [-0.2, -0.15) is 0 Å². The van der Waals surface area contributed by atoms with Crippen LogP contribution < -0.4 is 4.74 Å². The minimum atomic E-state index is -0.425. The van der Waals surface area contributed by atoms with Crippen molar-refractivity contribution in [3.8, 4) is 11.5 Å². The second-order valence-electron chi connectivity index (χ2n) is 5.58. The molecule has 126 valence electrons. The van der Waals surface area contributed by atoms with Gasteiger partial charge in [0.2, 0.25) is 0 Å². The molecule has 23 heavy (non-hydrogen) atoms. The van der Waals surface area contributed by atoms with Gasteiger partial charge in [0.1, 0.15) is 6.61 Å². The molecule has 4 heteroatoms. The van der Waals surface area contributed by atoms with Gasteiger partial charge in [-0.25, -0.2) is 4.79 Å². The van der Waals surface area contributed by atoms with E-state index in [0.29, 0.717) is 18.8 Å². The van der Waals surface area contributed by atoms with Crippen molar-refractivity contribution in [1.82, 2.24) is 0 Å². The molecule has 1 rings (SSSR count). The van der Waals surface area contributed by atoms with Gasteiger partial charge in [0.25, 0.3) is 0 Å². The van der Waals surface area contributed by atoms with Crippen LogP contribution in [-0.2, 0) is 4.74 Å². The molecule has 0 unspecified atom stereocenters. The second-order valence-corrected chi connectivity index (χ2v) is 5.58. The van der Waals surface area contributed by atoms with Crippen LogP contribution in [0.2, 0.25) is 0 Å². The van der Waals surface area contributed by atoms with Crippen molar-refractivity contribution in [2.24, 2.45) is 0 Å². The molecule has 0 spiro atoms. The first kappa shape index (κ1) is 18.8. The first-order valence-electron chi connectivity index (χ1n) is 7.86. The molecule has 1 aromatic carbocycles. The number of allylic oxidation sites excluding steroid dienone is 3. The molecule has 0 aliphatic carbocycles. The first-order valence-corrected chi connectivity index (χ1v) is 7.86. The topological polar surface area (TPSA) is 55.8 Å². The number of phenolic OH excluding ortho intramolecular Hbond substituents is 1. The summed E-state index contributed by atoms with van der Waals surface area (Å²) in [6.45, 7) is 8.63. The number of hydrogen-bond donors (Lipinski definition) is 1. The molecular formula is C19H26O4. The number of carbonyl (C=O) groups is 1. The lowest BCUT2D eigenvalue weighted by atomic mass is 10.1. The van der Waals surface area contributed by atoms with Gasteiger partial charge in [-0.05, 0) is 64.8 Å². The number of hydrogen-bond acceptors (Lipinski definition) is 4. The summed E-state index contributed by atoms with van der Waals surface area (Å²) in [7, 11) is 0. The fourth-order valence-electron chi connectivity index (χ4n) is 1.94. The Morgan fingerprint density at radius 2 is 1.96 bits per heavy atom. The molecule has 0 saturated heterocycles. The molecule has 0 bridgehead atoms. The van der Waals surface area contributed by atoms with Crippen LogP contribution >= 0.6 is 0 Å². The Kier molecular flexibility index (Phi) is 7.95. The number of rotatable bonds is 8. The summed E-state index contributed by atoms with van der Waals surface area (Å²) >= 11 is 0. The van der Waals surface area contributed by atoms with Crippen LogP contribution in [0.5, 0.6) is 11.5 Å². The van der Waals surface area contributed by atoms with E-state index >= 15 is 0 Å². The zero-order chi connectivity index (χ0) is 17.2. The van der Waals surface area contributed by atoms with Crippen LogP contribution in [0.3, 0.4) is 0 Å². The van der Waals surface area contributed by atoms with Crippen molar-refractivity contribution < 1.29 is 19.4 Å². The molecule has 0 aliphatic rings. The third kappa shape index (κ3) is 7.04. The van der Waals surface area contributed by atoms with Gasteiger partial charge in [-0.3, -0.25) is 0 Å². The lowest BCUT2D eigenvalue weighted by Crippen LogP contribution is -2.05. The highest BCUT2D eigenvalue weighted by Crippen LogP contribution is 2.27. The molecular weight excluding hydrogens is 292 g/mol. The summed E-state index contributed by atoms with van der Waals surface area (Å²) in [5, 5.41) is 9.81. The molecule has 0 heterocycles. The molecule has 0 aliphatic heterocycles. The van der Waals surface area contributed by atoms with Gasteiger partial charge >= 0.3 is 5.97 Å². The predicted molar refractivity (Wildman–Crippen MR) is 92.0 cm³/mol. The Balaban J connectivity index is 2.61. The monoisotopic (exact) mass is 318 g/mol. The van der Waals surface area contributed by atoms with Crippen LogP contribution in [-0.4, -0.2) is 24.3 Å². The summed E-state index contributed by atoms with van der Waals surface area (Å²) in [4.78, 5) is 11.7. The van der Waals surface area contributed by atoms with Gasteiger partial charge in [0.15, 0.2) is 11.5 Å². The van der Waals surface area contributed by atoms with Crippen molar-refractivity contribution in [3.63, 3.8) is 0 Å². The van der Waals surface area contributed by atoms with Crippen molar-refractivity contribution >= 4 is 5.97 Å². The average molecular weight is 318 g/mol. The van der Waals surface area contributed by atoms with E-state index in [4.69, 9.17) is 9.47 Å². The van der Waals surface area contributed by atoms with E-state index in [2.05, 4.69) is 26.8 Å². The highest BCUT2D eigenvalue weighted by atomic mass is 16.5. The molecule has 0 saturated carbocycles. The predicted octanol–water partition coefficient (Wildman–Crippen LogP) is 4.64. The van der Waals surface area contributed by atoms with E-state index in [0.717, 1.165) is 12.8 Å². The maximum atomic E-state index is 11.7. The minimum Gasteiger partial charge on any atom is -0.504 e. The van der Waals surface area contributed by atoms with Crippen molar-refractivity contribution in [3.05, 3.63) is 47.1 Å². The van der Waals surface area contributed by atoms with E-state index < -0.39 is 5.97 Å². The lowest BCUT2D eigenvalue weighted by Gasteiger charge is -2.09. The van der Waals surface area contributed by atoms with Crippen LogP contribution in [0, 0.1) is 0 Å². The van der Waals surface area contributed by atoms with E-state index in [-0.39, 0.29) is 11.5 Å². The number of aromatic hydroxyl groups is 1. The summed E-state index contributed by atoms with van der Waals surface area (Å²) in [6.07, 6.45) is 6.17. The van der Waals surface area contributed by atoms with Gasteiger partial charge in [0.05, 0.1) is 12.2 Å². The number of phenols is 1. The SMILES string of the molecule is CCOC(=O)c1ccc(O)c(OC/C=C(\C)CCC=C(C)C)c1. The number of esters is 1. The van der Waals surface area contributed by atoms with Crippen molar-refractivity contribution in [2.45, 2.75) is 40.5 Å². The standard InChI is InChI=1S/C19H26O4/c1-5-22-19(21)16-9-10-17(20)18(13-16)23-12-11-15(4)8-6-7-14(2)3/h7,9-11,13,20H,5-6,8,12H2,1-4H3/b15-11+. The van der Waals surface area contributed by atoms with E-state index in [9.17, 15) is 9.90 Å². The van der Waals surface area contributed by atoms with E-state index in [1.54, 1.807) is 6.92 Å². The fourth-order valence-corrected chi connectivity index (χ4v) is 1.94. The molecule has 1 aromatic rings. The van der Waals surface area contributed by atoms with Crippen LogP contribution in [0.4, 0.5) is 0 Å². The minimum absolute atomic E-state index is 0.00800. The van der Waals surface area contributed by atoms with E-state index in [1.165, 1.54) is 29.3 Å². The van der Waals surface area contributed by atoms with Gasteiger partial charge in [0, 0.05) is 0 Å². The van der Waals surface area contributed by atoms with Crippen molar-refractivity contribution in [2.75, 3.05) is 13.2 Å². The number of benzene rings is 1. The number of ether oxygens (including phenoxy) is 2. The Hall–Kier alpha value is -2.23. The van der Waals surface area contributed by atoms with Gasteiger partial charge in [-0.1, -0.05) is 17.2 Å². The van der Waals surface area contributed by atoms with Crippen LogP contribution in [0.1, 0.15) is 50.9 Å². The summed E-state index contributed by atoms with van der Waals surface area (Å²) in [6, 6.07) is 4.45. The zero-order valence-electron chi connectivity index (χ0n) is 14.4. The Morgan fingerprint density at radius 1 is 1.22 bits per heavy atom. The maximum Gasteiger partial charge on any atom is 0.338 e. The van der Waals surface area contributed by atoms with Crippen LogP contribution in [0.25, 0.3) is 0 Å². The Labute approximate surface area is 138 Å². The Morgan fingerprint density at radius 3 is 2.61 bits per heavy atom. The quantitative estimate of drug-likeness (QED) is 0.560. The number of carbonyl (C=O) groups excluding carboxylic acids is 1. The zero-order valence-corrected chi connectivity index (χ0v) is 14.4. The molecule has 0 amide bonds. The van der Waals surface area contributed by atoms with Crippen molar-refractivity contribution in [1.29, 1.82) is 0 Å². The molecule has 0 atom stereocenters. The van der Waals surface area contributed by atoms with Gasteiger partial charge in [-0.15, -0.1) is 0 Å². The largest absolute Gasteiger partial charge is 0.504 e. The molecule has 4 nitrogen and oxygen atoms in total. The lowest BCUT2D eigenvalue weighted by molar-refractivity contribution is 0.0526. The summed E-state index contributed by atoms with van der Waals surface area (Å²) < 4.78 is 10.5. The summed E-state index contributed by atoms with van der Waals surface area (Å²) in [5.74, 6) is -0.136. The molecule has 0 radical (unpaired) electrons. The fraction of sp³-hybridized carbons (Fsp3) is 0.421. The highest BCUT2D eigenvalue weighted by molar-refractivity contribution is 5.90. The van der Waals surface area contributed by atoms with Gasteiger partial charge < -0.3 is 14.6 Å². The molecule has 0 aromatic heterocycles. The molecule has 0 fully saturated rings. The average Bonchev–Trinajstić information content (AvgIpc) is 2.49. The molecule has 1 N–H and O–H groups in total. The Bertz CT molecular complexity index is 581. The third-order valence-corrected chi connectivity index (χ3v) is 3.23. The maximum absolute atomic E-state index is 11.7. The van der Waals surface area contributed by atoms with Crippen LogP contribution in [0.15, 0.2) is 41.5 Å². The summed E-state index contributed by atoms with van der Waals surface area (Å²) in [5.41, 5.74) is 2.90. The normalized spacial score (nSPS) is 11.0.